The Kier molecular flexibility index (Phi) is 4.38. The molecule has 0 saturated carbocycles. The number of hydrogen-bond donors (Lipinski definition) is 3. The Bertz CT molecular complexity index is 862. The summed E-state index contributed by atoms with van der Waals surface area (Å²) in [7, 11) is 0. The fourth-order valence-corrected chi connectivity index (χ4v) is 2.50. The lowest BCUT2D eigenvalue weighted by Crippen LogP contribution is -2.35. The van der Waals surface area contributed by atoms with E-state index < -0.39 is 12.1 Å². The van der Waals surface area contributed by atoms with E-state index >= 15 is 0 Å². The number of carboxylic acid groups (broad SMARTS) is 1. The Morgan fingerprint density at radius 2 is 2.00 bits per heavy atom. The van der Waals surface area contributed by atoms with E-state index in [1.54, 1.807) is 37.3 Å². The van der Waals surface area contributed by atoms with Crippen LogP contribution in [0, 0.1) is 0 Å². The first-order valence-corrected chi connectivity index (χ1v) is 7.66. The summed E-state index contributed by atoms with van der Waals surface area (Å²) in [6.07, 6.45) is -0.686. The second-order valence-electron chi connectivity index (χ2n) is 5.62. The molecule has 1 aliphatic heterocycles. The number of anilines is 1. The average molecular weight is 340 g/mol. The van der Waals surface area contributed by atoms with Crippen LogP contribution in [0.15, 0.2) is 42.5 Å². The number of carboxylic acids is 1. The Morgan fingerprint density at radius 3 is 2.76 bits per heavy atom. The van der Waals surface area contributed by atoms with Gasteiger partial charge in [-0.3, -0.25) is 9.59 Å². The zero-order valence-corrected chi connectivity index (χ0v) is 13.4. The van der Waals surface area contributed by atoms with Gasteiger partial charge >= 0.3 is 5.97 Å². The number of carbonyl (C=O) groups is 3. The molecule has 7 nitrogen and oxygen atoms in total. The standard InChI is InChI=1S/C18H16N2O5/c1-10-16(21)20-14-7-3-6-13(15(14)25-10)17(22)19-9-11-4-2-5-12(8-11)18(23)24/h2-8,10H,9H2,1H3,(H,19,22)(H,20,21)(H,23,24)/t10-/m1/s1. The highest BCUT2D eigenvalue weighted by molar-refractivity contribution is 6.04. The van der Waals surface area contributed by atoms with E-state index in [4.69, 9.17) is 9.84 Å². The molecule has 0 aromatic heterocycles. The molecule has 1 heterocycles. The molecule has 3 N–H and O–H groups in total. The fraction of sp³-hybridized carbons (Fsp3) is 0.167. The van der Waals surface area contributed by atoms with E-state index in [1.165, 1.54) is 12.1 Å². The van der Waals surface area contributed by atoms with Gasteiger partial charge in [0, 0.05) is 6.54 Å². The van der Waals surface area contributed by atoms with Crippen molar-refractivity contribution in [3.63, 3.8) is 0 Å². The Hall–Kier alpha value is -3.35. The molecule has 2 aromatic rings. The maximum absolute atomic E-state index is 12.5. The molecule has 0 aliphatic carbocycles. The maximum atomic E-state index is 12.5. The number of carbonyl (C=O) groups excluding carboxylic acids is 2. The highest BCUT2D eigenvalue weighted by Crippen LogP contribution is 2.33. The number of para-hydroxylation sites is 1. The monoisotopic (exact) mass is 340 g/mol. The molecular weight excluding hydrogens is 324 g/mol. The van der Waals surface area contributed by atoms with Crippen LogP contribution in [-0.2, 0) is 11.3 Å². The second kappa shape index (κ2) is 6.64. The zero-order valence-electron chi connectivity index (χ0n) is 13.4. The predicted octanol–water partition coefficient (Wildman–Crippen LogP) is 2.03. The molecule has 1 aliphatic rings. The summed E-state index contributed by atoms with van der Waals surface area (Å²) in [4.78, 5) is 35.1. The van der Waals surface area contributed by atoms with Crippen molar-refractivity contribution < 1.29 is 24.2 Å². The zero-order chi connectivity index (χ0) is 18.0. The van der Waals surface area contributed by atoms with E-state index in [-0.39, 0.29) is 23.9 Å². The molecule has 2 aromatic carbocycles. The van der Waals surface area contributed by atoms with E-state index in [0.717, 1.165) is 0 Å². The first-order chi connectivity index (χ1) is 12.0. The van der Waals surface area contributed by atoms with Gasteiger partial charge in [0.05, 0.1) is 16.8 Å². The van der Waals surface area contributed by atoms with Gasteiger partial charge < -0.3 is 20.5 Å². The smallest absolute Gasteiger partial charge is 0.335 e. The minimum absolute atomic E-state index is 0.156. The largest absolute Gasteiger partial charge is 0.478 e. The third kappa shape index (κ3) is 3.45. The van der Waals surface area contributed by atoms with Crippen molar-refractivity contribution in [2.45, 2.75) is 19.6 Å². The molecule has 1 atom stereocenters. The maximum Gasteiger partial charge on any atom is 0.335 e. The SMILES string of the molecule is C[C@H]1Oc2c(cccc2C(=O)NCc2cccc(C(=O)O)c2)NC1=O. The second-order valence-corrected chi connectivity index (χ2v) is 5.62. The van der Waals surface area contributed by atoms with Gasteiger partial charge in [-0.05, 0) is 36.8 Å². The quantitative estimate of drug-likeness (QED) is 0.790. The lowest BCUT2D eigenvalue weighted by Gasteiger charge is -2.25. The summed E-state index contributed by atoms with van der Waals surface area (Å²) >= 11 is 0. The first-order valence-electron chi connectivity index (χ1n) is 7.66. The number of hydrogen-bond acceptors (Lipinski definition) is 4. The first kappa shape index (κ1) is 16.5. The normalized spacial score (nSPS) is 15.6. The summed E-state index contributed by atoms with van der Waals surface area (Å²) in [6, 6.07) is 11.2. The predicted molar refractivity (Wildman–Crippen MR) is 89.7 cm³/mol. The van der Waals surface area contributed by atoms with Crippen LogP contribution >= 0.6 is 0 Å². The molecule has 0 fully saturated rings. The van der Waals surface area contributed by atoms with Crippen LogP contribution in [0.2, 0.25) is 0 Å². The fourth-order valence-electron chi connectivity index (χ4n) is 2.50. The molecule has 0 bridgehead atoms. The number of rotatable bonds is 4. The lowest BCUT2D eigenvalue weighted by atomic mass is 10.1. The van der Waals surface area contributed by atoms with Gasteiger partial charge in [0.2, 0.25) is 0 Å². The van der Waals surface area contributed by atoms with E-state index in [1.807, 2.05) is 0 Å². The molecule has 0 unspecified atom stereocenters. The van der Waals surface area contributed by atoms with Gasteiger partial charge in [0.15, 0.2) is 11.9 Å². The van der Waals surface area contributed by atoms with Gasteiger partial charge in [0.1, 0.15) is 0 Å². The Balaban J connectivity index is 1.77. The third-order valence-corrected chi connectivity index (χ3v) is 3.81. The van der Waals surface area contributed by atoms with Gasteiger partial charge in [-0.25, -0.2) is 4.79 Å². The highest BCUT2D eigenvalue weighted by atomic mass is 16.5. The number of ether oxygens (including phenoxy) is 1. The minimum Gasteiger partial charge on any atom is -0.478 e. The molecule has 2 amide bonds. The van der Waals surface area contributed by atoms with Gasteiger partial charge in [-0.1, -0.05) is 18.2 Å². The topological polar surface area (TPSA) is 105 Å². The van der Waals surface area contributed by atoms with Crippen LogP contribution in [-0.4, -0.2) is 29.0 Å². The average Bonchev–Trinajstić information content (AvgIpc) is 2.60. The molecule has 3 rings (SSSR count). The number of fused-ring (bicyclic) bond motifs is 1. The van der Waals surface area contributed by atoms with Crippen molar-refractivity contribution in [1.29, 1.82) is 0 Å². The van der Waals surface area contributed by atoms with Crippen LogP contribution in [0.25, 0.3) is 0 Å². The van der Waals surface area contributed by atoms with Crippen molar-refractivity contribution in [3.8, 4) is 5.75 Å². The van der Waals surface area contributed by atoms with Crippen LogP contribution in [0.4, 0.5) is 5.69 Å². The molecule has 0 radical (unpaired) electrons. The van der Waals surface area contributed by atoms with Crippen molar-refractivity contribution in [3.05, 3.63) is 59.2 Å². The summed E-state index contributed by atoms with van der Waals surface area (Å²) in [6.45, 7) is 1.77. The molecular formula is C18H16N2O5. The van der Waals surface area contributed by atoms with Gasteiger partial charge in [-0.15, -0.1) is 0 Å². The third-order valence-electron chi connectivity index (χ3n) is 3.81. The number of nitrogens with one attached hydrogen (secondary N) is 2. The Labute approximate surface area is 143 Å². The summed E-state index contributed by atoms with van der Waals surface area (Å²) < 4.78 is 5.55. The number of benzene rings is 2. The number of amides is 2. The minimum atomic E-state index is -1.02. The molecule has 128 valence electrons. The number of aromatic carboxylic acids is 1. The van der Waals surface area contributed by atoms with Crippen molar-refractivity contribution in [1.82, 2.24) is 5.32 Å². The highest BCUT2D eigenvalue weighted by Gasteiger charge is 2.27. The van der Waals surface area contributed by atoms with Gasteiger partial charge in [-0.2, -0.15) is 0 Å². The lowest BCUT2D eigenvalue weighted by molar-refractivity contribution is -0.122. The molecule has 0 spiro atoms. The molecule has 7 heteroatoms. The molecule has 0 saturated heterocycles. The summed E-state index contributed by atoms with van der Waals surface area (Å²) in [5.74, 6) is -1.34. The van der Waals surface area contributed by atoms with E-state index in [0.29, 0.717) is 22.6 Å². The van der Waals surface area contributed by atoms with E-state index in [9.17, 15) is 14.4 Å². The van der Waals surface area contributed by atoms with Crippen molar-refractivity contribution >= 4 is 23.5 Å². The van der Waals surface area contributed by atoms with Gasteiger partial charge in [0.25, 0.3) is 11.8 Å². The van der Waals surface area contributed by atoms with E-state index in [2.05, 4.69) is 10.6 Å². The molecule has 25 heavy (non-hydrogen) atoms. The van der Waals surface area contributed by atoms with Crippen LogP contribution in [0.5, 0.6) is 5.75 Å². The summed E-state index contributed by atoms with van der Waals surface area (Å²) in [5.41, 5.74) is 1.58. The summed E-state index contributed by atoms with van der Waals surface area (Å²) in [5, 5.41) is 14.4. The Morgan fingerprint density at radius 1 is 1.24 bits per heavy atom. The van der Waals surface area contributed by atoms with Crippen molar-refractivity contribution in [2.75, 3.05) is 5.32 Å². The van der Waals surface area contributed by atoms with Crippen molar-refractivity contribution in [2.24, 2.45) is 0 Å². The van der Waals surface area contributed by atoms with Crippen LogP contribution in [0.1, 0.15) is 33.2 Å². The van der Waals surface area contributed by atoms with Crippen LogP contribution < -0.4 is 15.4 Å². The van der Waals surface area contributed by atoms with Crippen LogP contribution in [0.3, 0.4) is 0 Å².